The Kier molecular flexibility index (Phi) is 8.44. The Balaban J connectivity index is 0.00000240. The van der Waals surface area contributed by atoms with Crippen LogP contribution in [0.3, 0.4) is 0 Å². The molecule has 0 aromatic carbocycles. The minimum Gasteiger partial charge on any atom is -0.376 e. The maximum Gasteiger partial charge on any atom is 0.243 e. The summed E-state index contributed by atoms with van der Waals surface area (Å²) in [5, 5.41) is 3.53. The summed E-state index contributed by atoms with van der Waals surface area (Å²) in [6.45, 7) is 5.23. The van der Waals surface area contributed by atoms with Crippen LogP contribution in [0.2, 0.25) is 0 Å². The number of amides is 1. The molecule has 3 saturated heterocycles. The number of ether oxygens (including phenoxy) is 1. The van der Waals surface area contributed by atoms with E-state index in [9.17, 15) is 4.79 Å². The topological polar surface area (TPSA) is 60.4 Å². The smallest absolute Gasteiger partial charge is 0.243 e. The van der Waals surface area contributed by atoms with E-state index in [1.54, 1.807) is 19.0 Å². The number of halogens is 1. The van der Waals surface area contributed by atoms with Gasteiger partial charge in [0.25, 0.3) is 0 Å². The van der Waals surface area contributed by atoms with Crippen LogP contribution in [0.5, 0.6) is 0 Å². The number of rotatable bonds is 5. The lowest BCUT2D eigenvalue weighted by molar-refractivity contribution is -0.127. The lowest BCUT2D eigenvalue weighted by Crippen LogP contribution is -2.57. The summed E-state index contributed by atoms with van der Waals surface area (Å²) in [5.74, 6) is 1.67. The van der Waals surface area contributed by atoms with Gasteiger partial charge in [-0.1, -0.05) is 0 Å². The zero-order valence-corrected chi connectivity index (χ0v) is 20.3. The molecule has 0 radical (unpaired) electrons. The zero-order valence-electron chi connectivity index (χ0n) is 18.0. The minimum atomic E-state index is 0. The number of carbonyl (C=O) groups excluding carboxylic acids is 1. The molecule has 1 aliphatic carbocycles. The molecule has 1 amide bonds. The first-order chi connectivity index (χ1) is 13.6. The lowest BCUT2D eigenvalue weighted by Gasteiger charge is -2.48. The second-order valence-corrected chi connectivity index (χ2v) is 9.12. The van der Waals surface area contributed by atoms with E-state index in [-0.39, 0.29) is 42.5 Å². The summed E-state index contributed by atoms with van der Waals surface area (Å²) in [5.41, 5.74) is 0. The number of nitrogens with one attached hydrogen (secondary N) is 1. The van der Waals surface area contributed by atoms with Gasteiger partial charge in [0, 0.05) is 52.4 Å². The van der Waals surface area contributed by atoms with Crippen molar-refractivity contribution >= 4 is 35.8 Å². The summed E-state index contributed by atoms with van der Waals surface area (Å²) in [7, 11) is 3.58. The van der Waals surface area contributed by atoms with E-state index in [0.29, 0.717) is 0 Å². The van der Waals surface area contributed by atoms with Crippen LogP contribution in [-0.2, 0) is 9.53 Å². The highest BCUT2D eigenvalue weighted by Crippen LogP contribution is 2.38. The molecule has 7 nitrogen and oxygen atoms in total. The molecule has 4 fully saturated rings. The summed E-state index contributed by atoms with van der Waals surface area (Å²) in [6, 6.07) is 1.61. The number of hydrogen-bond donors (Lipinski definition) is 1. The van der Waals surface area contributed by atoms with Crippen molar-refractivity contribution in [3.63, 3.8) is 0 Å². The zero-order chi connectivity index (χ0) is 19.5. The van der Waals surface area contributed by atoms with Gasteiger partial charge < -0.3 is 19.9 Å². The Bertz CT molecular complexity index is 577. The first kappa shape index (κ1) is 23.1. The summed E-state index contributed by atoms with van der Waals surface area (Å²) in [4.78, 5) is 23.6. The largest absolute Gasteiger partial charge is 0.376 e. The van der Waals surface area contributed by atoms with Gasteiger partial charge in [-0.05, 0) is 57.4 Å². The average Bonchev–Trinajstić information content (AvgIpc) is 3.42. The second-order valence-electron chi connectivity index (χ2n) is 9.12. The molecule has 1 saturated carbocycles. The van der Waals surface area contributed by atoms with E-state index in [2.05, 4.69) is 15.1 Å². The fourth-order valence-corrected chi connectivity index (χ4v) is 5.06. The summed E-state index contributed by atoms with van der Waals surface area (Å²) >= 11 is 0. The molecule has 0 aromatic heterocycles. The molecular formula is C21H38IN5O2. The van der Waals surface area contributed by atoms with Gasteiger partial charge in [0.2, 0.25) is 5.91 Å². The lowest BCUT2D eigenvalue weighted by atomic mass is 9.83. The number of hydrogen-bond acceptors (Lipinski definition) is 4. The Labute approximate surface area is 192 Å². The number of likely N-dealkylation sites (tertiary alicyclic amines) is 2. The van der Waals surface area contributed by atoms with Crippen LogP contribution in [0.15, 0.2) is 4.99 Å². The van der Waals surface area contributed by atoms with Crippen LogP contribution in [0, 0.1) is 5.92 Å². The Morgan fingerprint density at radius 3 is 2.66 bits per heavy atom. The molecule has 1 N–H and O–H groups in total. The second kappa shape index (κ2) is 10.6. The first-order valence-electron chi connectivity index (χ1n) is 11.2. The van der Waals surface area contributed by atoms with Crippen molar-refractivity contribution in [3.8, 4) is 0 Å². The molecule has 4 rings (SSSR count). The van der Waals surface area contributed by atoms with Gasteiger partial charge in [0.1, 0.15) is 6.54 Å². The van der Waals surface area contributed by atoms with Crippen LogP contribution >= 0.6 is 24.0 Å². The van der Waals surface area contributed by atoms with Crippen molar-refractivity contribution in [1.82, 2.24) is 20.0 Å². The molecule has 3 unspecified atom stereocenters. The molecule has 3 aliphatic heterocycles. The average molecular weight is 519 g/mol. The van der Waals surface area contributed by atoms with E-state index >= 15 is 0 Å². The van der Waals surface area contributed by atoms with Crippen molar-refractivity contribution in [3.05, 3.63) is 0 Å². The number of likely N-dealkylation sites (N-methyl/N-ethyl adjacent to an activating group) is 1. The van der Waals surface area contributed by atoms with E-state index in [4.69, 9.17) is 9.73 Å². The van der Waals surface area contributed by atoms with E-state index < -0.39 is 0 Å². The molecule has 4 aliphatic rings. The van der Waals surface area contributed by atoms with Gasteiger partial charge in [0.05, 0.1) is 6.10 Å². The van der Waals surface area contributed by atoms with Gasteiger partial charge in [-0.2, -0.15) is 0 Å². The SMILES string of the molecule is CN(C)C(=O)CN=C(NCC1CCCO1)N1CCC2C(CCCN2C2CC2)C1.I. The number of guanidine groups is 1. The van der Waals surface area contributed by atoms with Gasteiger partial charge in [-0.3, -0.25) is 9.69 Å². The third-order valence-corrected chi connectivity index (χ3v) is 6.80. The molecule has 166 valence electrons. The van der Waals surface area contributed by atoms with Crippen molar-refractivity contribution in [2.75, 3.05) is 53.4 Å². The predicted octanol–water partition coefficient (Wildman–Crippen LogP) is 1.77. The maximum atomic E-state index is 12.1. The van der Waals surface area contributed by atoms with Crippen molar-refractivity contribution in [2.45, 2.75) is 63.1 Å². The van der Waals surface area contributed by atoms with Crippen molar-refractivity contribution < 1.29 is 9.53 Å². The number of nitrogens with zero attached hydrogens (tertiary/aromatic N) is 4. The molecule has 8 heteroatoms. The molecule has 0 bridgehead atoms. The quantitative estimate of drug-likeness (QED) is 0.341. The van der Waals surface area contributed by atoms with Gasteiger partial charge in [-0.15, -0.1) is 24.0 Å². The summed E-state index contributed by atoms with van der Waals surface area (Å²) in [6.07, 6.45) is 9.17. The first-order valence-corrected chi connectivity index (χ1v) is 11.2. The molecule has 29 heavy (non-hydrogen) atoms. The number of carbonyl (C=O) groups is 1. The normalized spacial score (nSPS) is 30.5. The third kappa shape index (κ3) is 5.97. The molecule has 3 heterocycles. The van der Waals surface area contributed by atoms with Crippen LogP contribution in [-0.4, -0.2) is 98.2 Å². The van der Waals surface area contributed by atoms with Gasteiger partial charge in [0.15, 0.2) is 5.96 Å². The van der Waals surface area contributed by atoms with Crippen LogP contribution < -0.4 is 5.32 Å². The Morgan fingerprint density at radius 1 is 1.14 bits per heavy atom. The minimum absolute atomic E-state index is 0. The highest BCUT2D eigenvalue weighted by molar-refractivity contribution is 14.0. The molecular weight excluding hydrogens is 481 g/mol. The Hall–Kier alpha value is -0.610. The van der Waals surface area contributed by atoms with Gasteiger partial charge in [-0.25, -0.2) is 4.99 Å². The van der Waals surface area contributed by atoms with E-state index in [1.165, 1.54) is 38.6 Å². The van der Waals surface area contributed by atoms with Crippen LogP contribution in [0.25, 0.3) is 0 Å². The molecule has 0 spiro atoms. The van der Waals surface area contributed by atoms with Gasteiger partial charge >= 0.3 is 0 Å². The van der Waals surface area contributed by atoms with Crippen LogP contribution in [0.1, 0.15) is 44.9 Å². The number of fused-ring (bicyclic) bond motifs is 1. The maximum absolute atomic E-state index is 12.1. The third-order valence-electron chi connectivity index (χ3n) is 6.80. The highest BCUT2D eigenvalue weighted by Gasteiger charge is 2.42. The van der Waals surface area contributed by atoms with Crippen molar-refractivity contribution in [2.24, 2.45) is 10.9 Å². The van der Waals surface area contributed by atoms with Crippen molar-refractivity contribution in [1.29, 1.82) is 0 Å². The Morgan fingerprint density at radius 2 is 1.97 bits per heavy atom. The van der Waals surface area contributed by atoms with E-state index in [1.807, 2.05) is 0 Å². The summed E-state index contributed by atoms with van der Waals surface area (Å²) < 4.78 is 5.77. The van der Waals surface area contributed by atoms with Crippen LogP contribution in [0.4, 0.5) is 0 Å². The number of piperidine rings is 2. The predicted molar refractivity (Wildman–Crippen MR) is 126 cm³/mol. The fourth-order valence-electron chi connectivity index (χ4n) is 5.06. The molecule has 0 aromatic rings. The van der Waals surface area contributed by atoms with E-state index in [0.717, 1.165) is 63.0 Å². The standard InChI is InChI=1S/C21H37N5O2.HI/c1-24(2)20(27)14-23-21(22-13-18-6-4-12-28-18)25-11-9-19-16(15-25)5-3-10-26(19)17-7-8-17;/h16-19H,3-15H2,1-2H3,(H,22,23);1H. The fraction of sp³-hybridized carbons (Fsp3) is 0.905. The number of aliphatic imine (C=N–C) groups is 1. The highest BCUT2D eigenvalue weighted by atomic mass is 127. The molecule has 3 atom stereocenters. The monoisotopic (exact) mass is 519 g/mol.